The highest BCUT2D eigenvalue weighted by Crippen LogP contribution is 2.27. The second-order valence-corrected chi connectivity index (χ2v) is 3.76. The van der Waals surface area contributed by atoms with Gasteiger partial charge in [0.25, 0.3) is 6.43 Å². The van der Waals surface area contributed by atoms with E-state index in [1.807, 2.05) is 0 Å². The molecule has 0 aromatic carbocycles. The molecule has 0 aliphatic rings. The van der Waals surface area contributed by atoms with Crippen molar-refractivity contribution in [1.82, 2.24) is 4.98 Å². The molecule has 13 heavy (non-hydrogen) atoms. The van der Waals surface area contributed by atoms with E-state index in [9.17, 15) is 8.78 Å². The number of aromatic nitrogens is 1. The molecule has 2 nitrogen and oxygen atoms in total. The Morgan fingerprint density at radius 3 is 2.69 bits per heavy atom. The van der Waals surface area contributed by atoms with Crippen LogP contribution in [0.1, 0.15) is 17.7 Å². The summed E-state index contributed by atoms with van der Waals surface area (Å²) in [6.45, 7) is -0.525. The average molecular weight is 319 g/mol. The summed E-state index contributed by atoms with van der Waals surface area (Å²) in [4.78, 5) is 3.60. The summed E-state index contributed by atoms with van der Waals surface area (Å²) in [6.07, 6.45) is -2.71. The maximum absolute atomic E-state index is 12.3. The van der Waals surface area contributed by atoms with Crippen LogP contribution in [0, 0.1) is 3.70 Å². The Hall–Kier alpha value is -0.0100. The lowest BCUT2D eigenvalue weighted by Gasteiger charge is -2.07. The van der Waals surface area contributed by atoms with Crippen LogP contribution in [0.5, 0.6) is 0 Å². The van der Waals surface area contributed by atoms with Gasteiger partial charge in [-0.05, 0) is 28.7 Å². The van der Waals surface area contributed by atoms with Gasteiger partial charge in [0.05, 0.1) is 11.6 Å². The molecular weight excluding hydrogens is 314 g/mol. The lowest BCUT2D eigenvalue weighted by atomic mass is 10.2. The number of hydrogen-bond acceptors (Lipinski definition) is 2. The molecule has 72 valence electrons. The van der Waals surface area contributed by atoms with E-state index >= 15 is 0 Å². The van der Waals surface area contributed by atoms with Crippen molar-refractivity contribution in [3.63, 3.8) is 0 Å². The zero-order chi connectivity index (χ0) is 10.0. The first-order chi connectivity index (χ1) is 6.06. The second-order valence-electron chi connectivity index (χ2n) is 2.25. The molecule has 0 fully saturated rings. The van der Waals surface area contributed by atoms with Gasteiger partial charge >= 0.3 is 0 Å². The lowest BCUT2D eigenvalue weighted by molar-refractivity contribution is 0.141. The number of halogens is 4. The second kappa shape index (κ2) is 4.47. The summed E-state index contributed by atoms with van der Waals surface area (Å²) in [5.74, 6) is 0. The molecule has 0 aliphatic carbocycles. The summed E-state index contributed by atoms with van der Waals surface area (Å²) in [5.41, 5.74) is -0.448. The molecule has 1 rings (SSSR count). The minimum Gasteiger partial charge on any atom is -0.392 e. The number of aliphatic hydroxyl groups excluding tert-OH is 1. The Kier molecular flexibility index (Phi) is 3.81. The van der Waals surface area contributed by atoms with Crippen LogP contribution < -0.4 is 0 Å². The van der Waals surface area contributed by atoms with Gasteiger partial charge in [0, 0.05) is 5.56 Å². The highest BCUT2D eigenvalue weighted by Gasteiger charge is 2.17. The van der Waals surface area contributed by atoms with Crippen molar-refractivity contribution < 1.29 is 13.9 Å². The molecule has 1 aromatic rings. The number of pyridine rings is 1. The van der Waals surface area contributed by atoms with Crippen molar-refractivity contribution in [2.45, 2.75) is 13.0 Å². The SMILES string of the molecule is OCc1c(Cl)cc(I)nc1C(F)F. The van der Waals surface area contributed by atoms with Gasteiger partial charge < -0.3 is 5.11 Å². The third kappa shape index (κ3) is 2.47. The fourth-order valence-electron chi connectivity index (χ4n) is 0.866. The van der Waals surface area contributed by atoms with Gasteiger partial charge in [-0.25, -0.2) is 13.8 Å². The highest BCUT2D eigenvalue weighted by atomic mass is 127. The average Bonchev–Trinajstić information content (AvgIpc) is 2.02. The molecule has 0 atom stereocenters. The number of rotatable bonds is 2. The molecular formula is C7H5ClF2INO. The van der Waals surface area contributed by atoms with E-state index < -0.39 is 18.7 Å². The third-order valence-corrected chi connectivity index (χ3v) is 2.33. The summed E-state index contributed by atoms with van der Waals surface area (Å²) in [5, 5.41) is 8.90. The van der Waals surface area contributed by atoms with Gasteiger partial charge in [-0.1, -0.05) is 11.6 Å². The number of nitrogens with zero attached hydrogens (tertiary/aromatic N) is 1. The van der Waals surface area contributed by atoms with Gasteiger partial charge in [0.15, 0.2) is 0 Å². The smallest absolute Gasteiger partial charge is 0.280 e. The van der Waals surface area contributed by atoms with E-state index in [2.05, 4.69) is 4.98 Å². The van der Waals surface area contributed by atoms with E-state index in [1.165, 1.54) is 6.07 Å². The first kappa shape index (κ1) is 11.1. The van der Waals surface area contributed by atoms with Crippen LogP contribution in [-0.4, -0.2) is 10.1 Å². The predicted octanol–water partition coefficient (Wildman–Crippen LogP) is 2.77. The quantitative estimate of drug-likeness (QED) is 0.672. The molecule has 0 radical (unpaired) electrons. The highest BCUT2D eigenvalue weighted by molar-refractivity contribution is 14.1. The van der Waals surface area contributed by atoms with Gasteiger partial charge in [-0.3, -0.25) is 0 Å². The van der Waals surface area contributed by atoms with E-state index in [4.69, 9.17) is 16.7 Å². The number of aliphatic hydroxyl groups is 1. The van der Waals surface area contributed by atoms with Crippen LogP contribution in [0.25, 0.3) is 0 Å². The molecule has 1 heterocycles. The van der Waals surface area contributed by atoms with E-state index in [0.29, 0.717) is 3.70 Å². The first-order valence-corrected chi connectivity index (χ1v) is 4.75. The van der Waals surface area contributed by atoms with Crippen molar-refractivity contribution in [2.24, 2.45) is 0 Å². The molecule has 0 aliphatic heterocycles. The lowest BCUT2D eigenvalue weighted by Crippen LogP contribution is -2.01. The molecule has 0 unspecified atom stereocenters. The van der Waals surface area contributed by atoms with Crippen molar-refractivity contribution in [2.75, 3.05) is 0 Å². The standard InChI is InChI=1S/C7H5ClF2INO/c8-4-1-5(11)12-6(7(9)10)3(4)2-13/h1,7,13H,2H2. The van der Waals surface area contributed by atoms with Gasteiger partial charge in [-0.15, -0.1) is 0 Å². The summed E-state index contributed by atoms with van der Waals surface area (Å²) >= 11 is 7.43. The van der Waals surface area contributed by atoms with E-state index in [-0.39, 0.29) is 10.6 Å². The Balaban J connectivity index is 3.29. The monoisotopic (exact) mass is 319 g/mol. The Bertz CT molecular complexity index is 322. The summed E-state index contributed by atoms with van der Waals surface area (Å²) in [7, 11) is 0. The molecule has 0 saturated heterocycles. The molecule has 1 N–H and O–H groups in total. The van der Waals surface area contributed by atoms with Gasteiger partial charge in [0.1, 0.15) is 9.39 Å². The Morgan fingerprint density at radius 2 is 2.23 bits per heavy atom. The molecule has 6 heteroatoms. The predicted molar refractivity (Wildman–Crippen MR) is 52.8 cm³/mol. The zero-order valence-electron chi connectivity index (χ0n) is 6.27. The minimum absolute atomic E-state index is 0.00270. The van der Waals surface area contributed by atoms with Gasteiger partial charge in [-0.2, -0.15) is 0 Å². The molecule has 1 aromatic heterocycles. The summed E-state index contributed by atoms with van der Waals surface area (Å²) in [6, 6.07) is 1.43. The fourth-order valence-corrected chi connectivity index (χ4v) is 1.88. The molecule has 0 saturated carbocycles. The van der Waals surface area contributed by atoms with Crippen molar-refractivity contribution in [3.8, 4) is 0 Å². The van der Waals surface area contributed by atoms with Crippen LogP contribution in [-0.2, 0) is 6.61 Å². The van der Waals surface area contributed by atoms with Crippen LogP contribution in [0.4, 0.5) is 8.78 Å². The van der Waals surface area contributed by atoms with Crippen molar-refractivity contribution in [1.29, 1.82) is 0 Å². The summed E-state index contributed by atoms with van der Waals surface area (Å²) < 4.78 is 25.1. The first-order valence-electron chi connectivity index (χ1n) is 3.30. The number of hydrogen-bond donors (Lipinski definition) is 1. The molecule has 0 spiro atoms. The van der Waals surface area contributed by atoms with E-state index in [0.717, 1.165) is 0 Å². The van der Waals surface area contributed by atoms with Crippen LogP contribution in [0.3, 0.4) is 0 Å². The van der Waals surface area contributed by atoms with Crippen LogP contribution >= 0.6 is 34.2 Å². The van der Waals surface area contributed by atoms with Gasteiger partial charge in [0.2, 0.25) is 0 Å². The maximum Gasteiger partial charge on any atom is 0.280 e. The van der Waals surface area contributed by atoms with Crippen LogP contribution in [0.15, 0.2) is 6.07 Å². The zero-order valence-corrected chi connectivity index (χ0v) is 9.18. The minimum atomic E-state index is -2.71. The Labute approximate surface area is 92.1 Å². The Morgan fingerprint density at radius 1 is 1.62 bits per heavy atom. The van der Waals surface area contributed by atoms with Crippen molar-refractivity contribution in [3.05, 3.63) is 26.0 Å². The van der Waals surface area contributed by atoms with Crippen molar-refractivity contribution >= 4 is 34.2 Å². The molecule has 0 amide bonds. The third-order valence-electron chi connectivity index (χ3n) is 1.44. The van der Waals surface area contributed by atoms with E-state index in [1.54, 1.807) is 22.6 Å². The maximum atomic E-state index is 12.3. The van der Waals surface area contributed by atoms with Crippen LogP contribution in [0.2, 0.25) is 5.02 Å². The largest absolute Gasteiger partial charge is 0.392 e. The topological polar surface area (TPSA) is 33.1 Å². The normalized spacial score (nSPS) is 10.9. The molecule has 0 bridgehead atoms. The fraction of sp³-hybridized carbons (Fsp3) is 0.286. The number of alkyl halides is 2.